The van der Waals surface area contributed by atoms with E-state index in [2.05, 4.69) is 5.32 Å². The molecule has 1 aromatic carbocycles. The fourth-order valence-corrected chi connectivity index (χ4v) is 4.89. The van der Waals surface area contributed by atoms with Crippen molar-refractivity contribution < 1.29 is 19.1 Å². The number of fused-ring (bicyclic) bond motifs is 1. The summed E-state index contributed by atoms with van der Waals surface area (Å²) in [6, 6.07) is 4.42. The quantitative estimate of drug-likeness (QED) is 0.671. The summed E-state index contributed by atoms with van der Waals surface area (Å²) in [6.07, 6.45) is 6.54. The number of carbonyl (C=O) groups excluding carboxylic acids is 2. The fraction of sp³-hybridized carbons (Fsp3) is 0.458. The first-order valence-corrected chi connectivity index (χ1v) is 11.8. The van der Waals surface area contributed by atoms with E-state index in [-0.39, 0.29) is 34.6 Å². The lowest BCUT2D eigenvalue weighted by Gasteiger charge is -2.45. The first-order valence-electron chi connectivity index (χ1n) is 11.4. The van der Waals surface area contributed by atoms with Crippen LogP contribution in [0.3, 0.4) is 0 Å². The first kappa shape index (κ1) is 24.1. The standard InChI is InChI=1S/C24H28ClFN4O4/c1-14-28(2)24(34)20-22(32)21(31)17(13-30(20)29(14)12-15-7-4-3-5-8-15)23(33)27-11-16-9-6-10-18(25)19(16)26/h6,9-10,13-15,32H,3-5,7-8,11-12H2,1-2H3,(H,27,33)/t14-/m0/s1. The number of halogens is 2. The van der Waals surface area contributed by atoms with Crippen molar-refractivity contribution in [3.8, 4) is 5.75 Å². The lowest BCUT2D eigenvalue weighted by molar-refractivity contribution is 0.0639. The van der Waals surface area contributed by atoms with Crippen LogP contribution in [-0.4, -0.2) is 46.3 Å². The second kappa shape index (κ2) is 9.66. The molecule has 0 saturated heterocycles. The molecule has 182 valence electrons. The molecule has 8 nitrogen and oxygen atoms in total. The van der Waals surface area contributed by atoms with Crippen molar-refractivity contribution in [3.63, 3.8) is 0 Å². The number of aromatic hydroxyl groups is 1. The van der Waals surface area contributed by atoms with Crippen molar-refractivity contribution in [1.29, 1.82) is 0 Å². The van der Waals surface area contributed by atoms with Crippen LogP contribution in [-0.2, 0) is 6.54 Å². The summed E-state index contributed by atoms with van der Waals surface area (Å²) in [5.41, 5.74) is -1.29. The van der Waals surface area contributed by atoms with E-state index in [0.29, 0.717) is 12.5 Å². The molecular weight excluding hydrogens is 463 g/mol. The minimum absolute atomic E-state index is 0.0757. The predicted molar refractivity (Wildman–Crippen MR) is 126 cm³/mol. The molecule has 0 radical (unpaired) electrons. The van der Waals surface area contributed by atoms with Gasteiger partial charge >= 0.3 is 0 Å². The molecule has 1 fully saturated rings. The molecule has 34 heavy (non-hydrogen) atoms. The van der Waals surface area contributed by atoms with E-state index in [1.807, 2.05) is 11.9 Å². The fourth-order valence-electron chi connectivity index (χ4n) is 4.70. The number of benzene rings is 1. The molecule has 0 unspecified atom stereocenters. The van der Waals surface area contributed by atoms with Gasteiger partial charge in [0.2, 0.25) is 5.43 Å². The van der Waals surface area contributed by atoms with E-state index in [0.717, 1.165) is 25.7 Å². The third kappa shape index (κ3) is 4.36. The molecule has 0 bridgehead atoms. The van der Waals surface area contributed by atoms with Gasteiger partial charge in [0.25, 0.3) is 11.8 Å². The molecule has 0 spiro atoms. The summed E-state index contributed by atoms with van der Waals surface area (Å²) >= 11 is 5.79. The maximum absolute atomic E-state index is 14.2. The lowest BCUT2D eigenvalue weighted by atomic mass is 9.89. The lowest BCUT2D eigenvalue weighted by Crippen LogP contribution is -2.60. The van der Waals surface area contributed by atoms with Gasteiger partial charge in [0.15, 0.2) is 11.4 Å². The highest BCUT2D eigenvalue weighted by molar-refractivity contribution is 6.30. The van der Waals surface area contributed by atoms with Crippen molar-refractivity contribution in [2.75, 3.05) is 18.6 Å². The molecule has 4 rings (SSSR count). The second-order valence-electron chi connectivity index (χ2n) is 8.98. The van der Waals surface area contributed by atoms with Gasteiger partial charge in [0, 0.05) is 31.9 Å². The van der Waals surface area contributed by atoms with Crippen LogP contribution in [0.1, 0.15) is 65.4 Å². The van der Waals surface area contributed by atoms with Gasteiger partial charge in [-0.05, 0) is 31.7 Å². The first-order chi connectivity index (χ1) is 16.2. The monoisotopic (exact) mass is 490 g/mol. The highest BCUT2D eigenvalue weighted by Crippen LogP contribution is 2.29. The van der Waals surface area contributed by atoms with E-state index in [1.54, 1.807) is 13.1 Å². The van der Waals surface area contributed by atoms with E-state index < -0.39 is 28.8 Å². The molecule has 1 aliphatic carbocycles. The Morgan fingerprint density at radius 3 is 2.65 bits per heavy atom. The minimum atomic E-state index is -0.954. The molecule has 2 aliphatic rings. The van der Waals surface area contributed by atoms with Gasteiger partial charge in [-0.15, -0.1) is 0 Å². The highest BCUT2D eigenvalue weighted by atomic mass is 35.5. The normalized spacial score (nSPS) is 18.7. The number of pyridine rings is 1. The van der Waals surface area contributed by atoms with Crippen LogP contribution in [0.4, 0.5) is 4.39 Å². The van der Waals surface area contributed by atoms with Gasteiger partial charge in [-0.2, -0.15) is 0 Å². The van der Waals surface area contributed by atoms with Crippen LogP contribution in [0.25, 0.3) is 0 Å². The van der Waals surface area contributed by atoms with Crippen LogP contribution in [0, 0.1) is 11.7 Å². The topological polar surface area (TPSA) is 94.9 Å². The van der Waals surface area contributed by atoms with Gasteiger partial charge in [0.05, 0.1) is 5.02 Å². The molecular formula is C24H28ClFN4O4. The average Bonchev–Trinajstić information content (AvgIpc) is 2.83. The molecule has 2 N–H and O–H groups in total. The Hall–Kier alpha value is -3.07. The molecule has 2 aromatic rings. The van der Waals surface area contributed by atoms with Crippen LogP contribution in [0.5, 0.6) is 5.75 Å². The van der Waals surface area contributed by atoms with Crippen LogP contribution in [0.15, 0.2) is 29.2 Å². The molecule has 1 aromatic heterocycles. The summed E-state index contributed by atoms with van der Waals surface area (Å²) in [5, 5.41) is 15.0. The third-order valence-corrected chi connectivity index (χ3v) is 7.13. The number of amides is 2. The Bertz CT molecular complexity index is 1180. The van der Waals surface area contributed by atoms with Gasteiger partial charge in [-0.1, -0.05) is 43.0 Å². The van der Waals surface area contributed by atoms with Crippen LogP contribution < -0.4 is 15.8 Å². The van der Waals surface area contributed by atoms with Crippen molar-refractivity contribution >= 4 is 23.4 Å². The largest absolute Gasteiger partial charge is 0.502 e. The maximum Gasteiger partial charge on any atom is 0.277 e. The molecule has 1 atom stereocenters. The van der Waals surface area contributed by atoms with E-state index >= 15 is 0 Å². The Morgan fingerprint density at radius 1 is 1.24 bits per heavy atom. The number of nitrogens with zero attached hydrogens (tertiary/aromatic N) is 3. The van der Waals surface area contributed by atoms with E-state index in [1.165, 1.54) is 34.3 Å². The number of hydrogen-bond acceptors (Lipinski definition) is 5. The summed E-state index contributed by atoms with van der Waals surface area (Å²) in [7, 11) is 1.62. The van der Waals surface area contributed by atoms with Gasteiger partial charge < -0.3 is 15.3 Å². The second-order valence-corrected chi connectivity index (χ2v) is 9.39. The summed E-state index contributed by atoms with van der Waals surface area (Å²) < 4.78 is 15.6. The summed E-state index contributed by atoms with van der Waals surface area (Å²) in [5.74, 6) is -2.33. The number of carbonyl (C=O) groups is 2. The predicted octanol–water partition coefficient (Wildman–Crippen LogP) is 3.23. The van der Waals surface area contributed by atoms with Crippen molar-refractivity contribution in [1.82, 2.24) is 14.9 Å². The number of hydrogen-bond donors (Lipinski definition) is 2. The van der Waals surface area contributed by atoms with Gasteiger partial charge in [-0.3, -0.25) is 24.1 Å². The smallest absolute Gasteiger partial charge is 0.277 e. The zero-order valence-electron chi connectivity index (χ0n) is 19.2. The molecule has 1 aliphatic heterocycles. The van der Waals surface area contributed by atoms with Gasteiger partial charge in [-0.25, -0.2) is 4.39 Å². The van der Waals surface area contributed by atoms with E-state index in [4.69, 9.17) is 11.6 Å². The van der Waals surface area contributed by atoms with Crippen molar-refractivity contribution in [3.05, 3.63) is 62.3 Å². The Labute approximate surface area is 201 Å². The number of rotatable bonds is 5. The average molecular weight is 491 g/mol. The number of aromatic nitrogens is 1. The van der Waals surface area contributed by atoms with Crippen LogP contribution in [0.2, 0.25) is 5.02 Å². The zero-order valence-corrected chi connectivity index (χ0v) is 19.9. The Morgan fingerprint density at radius 2 is 1.94 bits per heavy atom. The summed E-state index contributed by atoms with van der Waals surface area (Å²) in [4.78, 5) is 40.1. The maximum atomic E-state index is 14.2. The van der Waals surface area contributed by atoms with E-state index in [9.17, 15) is 23.9 Å². The number of nitrogens with one attached hydrogen (secondary N) is 1. The minimum Gasteiger partial charge on any atom is -0.502 e. The van der Waals surface area contributed by atoms with Crippen molar-refractivity contribution in [2.24, 2.45) is 5.92 Å². The third-order valence-electron chi connectivity index (χ3n) is 6.84. The molecule has 10 heteroatoms. The van der Waals surface area contributed by atoms with Crippen molar-refractivity contribution in [2.45, 2.75) is 51.7 Å². The SMILES string of the molecule is C[C@H]1N(C)C(=O)c2c(O)c(=O)c(C(=O)NCc3cccc(Cl)c3F)cn2N1CC1CCCCC1. The zero-order chi connectivity index (χ0) is 24.6. The van der Waals surface area contributed by atoms with Crippen LogP contribution >= 0.6 is 11.6 Å². The molecule has 2 heterocycles. The summed E-state index contributed by atoms with van der Waals surface area (Å²) in [6.45, 7) is 2.28. The Kier molecular flexibility index (Phi) is 6.84. The molecule has 1 saturated carbocycles. The Balaban J connectivity index is 1.68. The molecule has 2 amide bonds. The van der Waals surface area contributed by atoms with Gasteiger partial charge in [0.1, 0.15) is 17.5 Å². The highest BCUT2D eigenvalue weighted by Gasteiger charge is 2.37.